The van der Waals surface area contributed by atoms with Crippen LogP contribution in [0.25, 0.3) is 10.9 Å². The van der Waals surface area contributed by atoms with Gasteiger partial charge in [0.2, 0.25) is 5.88 Å². The van der Waals surface area contributed by atoms with Crippen molar-refractivity contribution in [1.29, 1.82) is 0 Å². The number of ether oxygens (including phenoxy) is 2. The van der Waals surface area contributed by atoms with Crippen molar-refractivity contribution >= 4 is 32.8 Å². The summed E-state index contributed by atoms with van der Waals surface area (Å²) in [6.45, 7) is 2.36. The van der Waals surface area contributed by atoms with E-state index in [2.05, 4.69) is 20.9 Å². The number of hydrogen-bond acceptors (Lipinski definition) is 4. The van der Waals surface area contributed by atoms with Gasteiger partial charge in [-0.3, -0.25) is 0 Å². The first kappa shape index (κ1) is 14.6. The molecule has 5 nitrogen and oxygen atoms in total. The molecule has 0 saturated carbocycles. The lowest BCUT2D eigenvalue weighted by Crippen LogP contribution is -2.06. The summed E-state index contributed by atoms with van der Waals surface area (Å²) in [4.78, 5) is 15.6. The van der Waals surface area contributed by atoms with Crippen LogP contribution in [0.15, 0.2) is 22.7 Å². The minimum absolute atomic E-state index is 0.0473. The van der Waals surface area contributed by atoms with E-state index in [9.17, 15) is 9.90 Å². The summed E-state index contributed by atoms with van der Waals surface area (Å²) in [5.74, 6) is -0.385. The molecule has 0 unspecified atom stereocenters. The second kappa shape index (κ2) is 6.09. The average Bonchev–Trinajstić information content (AvgIpc) is 2.43. The molecule has 20 heavy (non-hydrogen) atoms. The molecule has 0 atom stereocenters. The van der Waals surface area contributed by atoms with Crippen molar-refractivity contribution in [2.45, 2.75) is 13.3 Å². The summed E-state index contributed by atoms with van der Waals surface area (Å²) >= 11 is 3.36. The Morgan fingerprint density at radius 3 is 2.75 bits per heavy atom. The lowest BCUT2D eigenvalue weighted by molar-refractivity contribution is 0.0691. The van der Waals surface area contributed by atoms with Crippen LogP contribution in [0.5, 0.6) is 11.6 Å². The van der Waals surface area contributed by atoms with Crippen molar-refractivity contribution in [3.8, 4) is 11.6 Å². The number of nitrogens with zero attached hydrogens (tertiary/aromatic N) is 1. The molecule has 6 heteroatoms. The van der Waals surface area contributed by atoms with E-state index in [4.69, 9.17) is 9.47 Å². The van der Waals surface area contributed by atoms with Crippen LogP contribution in [0, 0.1) is 0 Å². The number of methoxy groups -OCH3 is 1. The van der Waals surface area contributed by atoms with Gasteiger partial charge in [-0.15, -0.1) is 0 Å². The summed E-state index contributed by atoms with van der Waals surface area (Å²) in [6.07, 6.45) is 0.774. The first-order valence-corrected chi connectivity index (χ1v) is 6.90. The van der Waals surface area contributed by atoms with Crippen LogP contribution in [0.3, 0.4) is 0 Å². The van der Waals surface area contributed by atoms with Crippen molar-refractivity contribution in [3.63, 3.8) is 0 Å². The second-order valence-electron chi connectivity index (χ2n) is 4.17. The third-order valence-corrected chi connectivity index (χ3v) is 3.16. The summed E-state index contributed by atoms with van der Waals surface area (Å²) in [7, 11) is 1.54. The Balaban J connectivity index is 2.67. The average molecular weight is 340 g/mol. The number of rotatable bonds is 5. The Morgan fingerprint density at radius 1 is 1.40 bits per heavy atom. The van der Waals surface area contributed by atoms with Crippen LogP contribution >= 0.6 is 15.9 Å². The summed E-state index contributed by atoms with van der Waals surface area (Å²) in [5, 5.41) is 9.94. The SMILES string of the molecule is CCCOc1nc2c(OC)cc(Br)cc2cc1C(=O)O. The number of aromatic nitrogens is 1. The van der Waals surface area contributed by atoms with Gasteiger partial charge in [-0.2, -0.15) is 0 Å². The maximum absolute atomic E-state index is 11.3. The molecule has 1 N–H and O–H groups in total. The van der Waals surface area contributed by atoms with Gasteiger partial charge in [-0.1, -0.05) is 22.9 Å². The van der Waals surface area contributed by atoms with Crippen molar-refractivity contribution in [2.75, 3.05) is 13.7 Å². The lowest BCUT2D eigenvalue weighted by atomic mass is 10.1. The lowest BCUT2D eigenvalue weighted by Gasteiger charge is -2.11. The number of carboxylic acids is 1. The molecular formula is C14H14BrNO4. The monoisotopic (exact) mass is 339 g/mol. The first-order chi connectivity index (χ1) is 9.56. The summed E-state index contributed by atoms with van der Waals surface area (Å²) in [5.41, 5.74) is 0.623. The standard InChI is InChI=1S/C14H14BrNO4/c1-3-4-20-13-10(14(17)18)6-8-5-9(15)7-11(19-2)12(8)16-13/h5-7H,3-4H2,1-2H3,(H,17,18). The molecule has 0 bridgehead atoms. The maximum atomic E-state index is 11.3. The van der Waals surface area contributed by atoms with E-state index in [1.165, 1.54) is 0 Å². The Bertz CT molecular complexity index is 657. The van der Waals surface area contributed by atoms with Crippen molar-refractivity contribution in [3.05, 3.63) is 28.2 Å². The van der Waals surface area contributed by atoms with Crippen molar-refractivity contribution in [2.24, 2.45) is 0 Å². The van der Waals surface area contributed by atoms with E-state index in [1.807, 2.05) is 6.92 Å². The van der Waals surface area contributed by atoms with Crippen molar-refractivity contribution < 1.29 is 19.4 Å². The van der Waals surface area contributed by atoms with Crippen LogP contribution in [0.4, 0.5) is 0 Å². The summed E-state index contributed by atoms with van der Waals surface area (Å²) in [6, 6.07) is 5.11. The normalized spacial score (nSPS) is 10.6. The molecular weight excluding hydrogens is 326 g/mol. The Hall–Kier alpha value is -1.82. The van der Waals surface area contributed by atoms with Crippen molar-refractivity contribution in [1.82, 2.24) is 4.98 Å². The molecule has 1 heterocycles. The van der Waals surface area contributed by atoms with Gasteiger partial charge >= 0.3 is 5.97 Å². The Morgan fingerprint density at radius 2 is 2.15 bits per heavy atom. The number of pyridine rings is 1. The fourth-order valence-corrected chi connectivity index (χ4v) is 2.28. The zero-order valence-electron chi connectivity index (χ0n) is 11.1. The van der Waals surface area contributed by atoms with E-state index in [0.29, 0.717) is 23.3 Å². The van der Waals surface area contributed by atoms with Gasteiger partial charge in [0.25, 0.3) is 0 Å². The number of hydrogen-bond donors (Lipinski definition) is 1. The quantitative estimate of drug-likeness (QED) is 0.902. The van der Waals surface area contributed by atoms with E-state index in [-0.39, 0.29) is 11.4 Å². The molecule has 0 fully saturated rings. The van der Waals surface area contributed by atoms with Crippen LogP contribution in [0.1, 0.15) is 23.7 Å². The molecule has 1 aromatic carbocycles. The topological polar surface area (TPSA) is 68.7 Å². The third kappa shape index (κ3) is 2.85. The van der Waals surface area contributed by atoms with Crippen LogP contribution in [-0.4, -0.2) is 29.8 Å². The highest BCUT2D eigenvalue weighted by Gasteiger charge is 2.17. The van der Waals surface area contributed by atoms with Gasteiger partial charge in [0.1, 0.15) is 16.8 Å². The largest absolute Gasteiger partial charge is 0.494 e. The minimum Gasteiger partial charge on any atom is -0.494 e. The van der Waals surface area contributed by atoms with Gasteiger partial charge in [-0.25, -0.2) is 9.78 Å². The molecule has 0 aliphatic heterocycles. The predicted molar refractivity (Wildman–Crippen MR) is 78.7 cm³/mol. The van der Waals surface area contributed by atoms with Crippen LogP contribution in [-0.2, 0) is 0 Å². The first-order valence-electron chi connectivity index (χ1n) is 6.11. The number of fused-ring (bicyclic) bond motifs is 1. The van der Waals surface area contributed by atoms with E-state index in [0.717, 1.165) is 10.9 Å². The number of carbonyl (C=O) groups is 1. The zero-order valence-corrected chi connectivity index (χ0v) is 12.7. The smallest absolute Gasteiger partial charge is 0.341 e. The molecule has 0 amide bonds. The molecule has 0 aliphatic rings. The molecule has 106 valence electrons. The molecule has 2 aromatic rings. The number of benzene rings is 1. The number of aromatic carboxylic acids is 1. The molecule has 0 radical (unpaired) electrons. The Kier molecular flexibility index (Phi) is 4.44. The second-order valence-corrected chi connectivity index (χ2v) is 5.09. The predicted octanol–water partition coefficient (Wildman–Crippen LogP) is 3.49. The third-order valence-electron chi connectivity index (χ3n) is 2.71. The van der Waals surface area contributed by atoms with E-state index in [1.54, 1.807) is 25.3 Å². The highest BCUT2D eigenvalue weighted by atomic mass is 79.9. The number of halogens is 1. The van der Waals surface area contributed by atoms with E-state index < -0.39 is 5.97 Å². The highest BCUT2D eigenvalue weighted by Crippen LogP contribution is 2.32. The maximum Gasteiger partial charge on any atom is 0.341 e. The van der Waals surface area contributed by atoms with Crippen LogP contribution in [0.2, 0.25) is 0 Å². The molecule has 2 rings (SSSR count). The molecule has 0 saturated heterocycles. The van der Waals surface area contributed by atoms with E-state index >= 15 is 0 Å². The van der Waals surface area contributed by atoms with Gasteiger partial charge < -0.3 is 14.6 Å². The summed E-state index contributed by atoms with van der Waals surface area (Å²) < 4.78 is 11.5. The van der Waals surface area contributed by atoms with Crippen LogP contribution < -0.4 is 9.47 Å². The zero-order chi connectivity index (χ0) is 14.7. The Labute approximate surface area is 124 Å². The highest BCUT2D eigenvalue weighted by molar-refractivity contribution is 9.10. The molecule has 0 aliphatic carbocycles. The number of carboxylic acid groups (broad SMARTS) is 1. The fraction of sp³-hybridized carbons (Fsp3) is 0.286. The fourth-order valence-electron chi connectivity index (χ4n) is 1.82. The minimum atomic E-state index is -1.07. The van der Waals surface area contributed by atoms with Gasteiger partial charge in [-0.05, 0) is 24.6 Å². The van der Waals surface area contributed by atoms with Gasteiger partial charge in [0, 0.05) is 9.86 Å². The van der Waals surface area contributed by atoms with Gasteiger partial charge in [0.05, 0.1) is 13.7 Å². The van der Waals surface area contributed by atoms with Gasteiger partial charge in [0.15, 0.2) is 0 Å². The molecule has 0 spiro atoms. The molecule has 1 aromatic heterocycles.